The minimum atomic E-state index is -1.32. The molecule has 3 N–H and O–H groups in total. The number of carboxylic acids is 1. The summed E-state index contributed by atoms with van der Waals surface area (Å²) in [5.74, 6) is -2.36. The molecule has 2 amide bonds. The van der Waals surface area contributed by atoms with Crippen LogP contribution in [0.2, 0.25) is 0 Å². The second-order valence-corrected chi connectivity index (χ2v) is 7.39. The molecule has 0 spiro atoms. The summed E-state index contributed by atoms with van der Waals surface area (Å²) >= 11 is 0. The number of aldehydes is 1. The van der Waals surface area contributed by atoms with Gasteiger partial charge in [-0.2, -0.15) is 0 Å². The molecule has 1 aromatic rings. The molecule has 9 heteroatoms. The fraction of sp³-hybridized carbons (Fsp3) is 0.500. The monoisotopic (exact) mass is 408 g/mol. The molecule has 29 heavy (non-hydrogen) atoms. The summed E-state index contributed by atoms with van der Waals surface area (Å²) in [6.45, 7) is 6.49. The molecule has 1 aromatic carbocycles. The molecule has 9 nitrogen and oxygen atoms in total. The van der Waals surface area contributed by atoms with E-state index in [0.717, 1.165) is 5.56 Å². The lowest BCUT2D eigenvalue weighted by Crippen LogP contribution is -2.58. The van der Waals surface area contributed by atoms with Gasteiger partial charge in [-0.05, 0) is 32.8 Å². The van der Waals surface area contributed by atoms with E-state index in [0.29, 0.717) is 6.29 Å². The van der Waals surface area contributed by atoms with Crippen LogP contribution < -0.4 is 10.6 Å². The van der Waals surface area contributed by atoms with E-state index in [2.05, 4.69) is 10.6 Å². The van der Waals surface area contributed by atoms with Crippen molar-refractivity contribution >= 4 is 24.4 Å². The van der Waals surface area contributed by atoms with Crippen molar-refractivity contribution in [1.82, 2.24) is 10.6 Å². The number of aliphatic carboxylic acids is 1. The van der Waals surface area contributed by atoms with Crippen LogP contribution in [-0.4, -0.2) is 47.2 Å². The summed E-state index contributed by atoms with van der Waals surface area (Å²) in [5.41, 5.74) is -0.0743. The average Bonchev–Trinajstić information content (AvgIpc) is 2.63. The lowest BCUT2D eigenvalue weighted by Gasteiger charge is -2.30. The van der Waals surface area contributed by atoms with Gasteiger partial charge in [0, 0.05) is 0 Å². The minimum Gasteiger partial charge on any atom is -0.481 e. The normalized spacial score (nSPS) is 14.1. The zero-order chi connectivity index (χ0) is 22.0. The van der Waals surface area contributed by atoms with Crippen LogP contribution in [0.25, 0.3) is 0 Å². The Kier molecular flexibility index (Phi) is 9.11. The zero-order valence-corrected chi connectivity index (χ0v) is 17.0. The van der Waals surface area contributed by atoms with E-state index >= 15 is 0 Å². The molecule has 160 valence electrons. The maximum atomic E-state index is 12.2. The second kappa shape index (κ2) is 11.0. The van der Waals surface area contributed by atoms with Gasteiger partial charge in [0.25, 0.3) is 0 Å². The molecule has 3 atom stereocenters. The minimum absolute atomic E-state index is 0.0332. The van der Waals surface area contributed by atoms with Gasteiger partial charge in [-0.1, -0.05) is 37.3 Å². The van der Waals surface area contributed by atoms with E-state index in [4.69, 9.17) is 9.47 Å². The predicted octanol–water partition coefficient (Wildman–Crippen LogP) is 2.48. The van der Waals surface area contributed by atoms with Crippen molar-refractivity contribution in [3.05, 3.63) is 35.9 Å². The first-order chi connectivity index (χ1) is 13.6. The summed E-state index contributed by atoms with van der Waals surface area (Å²) < 4.78 is 10.2. The molecular formula is C20H28N2O7. The SMILES string of the molecule is CCC(C(=O)O)[C@@H](NC(=O)OCc1ccccc1)C(C=O)NC(=O)OC(C)(C)C. The Morgan fingerprint density at radius 1 is 1.10 bits per heavy atom. The number of ether oxygens (including phenoxy) is 2. The standard InChI is InChI=1S/C20H28N2O7/c1-5-14(17(24)25)16(15(11-23)21-19(27)29-20(2,3)4)22-18(26)28-12-13-9-7-6-8-10-13/h6-11,14-16H,5,12H2,1-4H3,(H,21,27)(H,22,26)(H,24,25)/t14?,15?,16-/m1/s1. The first-order valence-corrected chi connectivity index (χ1v) is 9.22. The number of amides is 2. The quantitative estimate of drug-likeness (QED) is 0.535. The third-order valence-electron chi connectivity index (χ3n) is 3.90. The Morgan fingerprint density at radius 3 is 2.21 bits per heavy atom. The summed E-state index contributed by atoms with van der Waals surface area (Å²) in [5, 5.41) is 14.2. The Morgan fingerprint density at radius 2 is 1.72 bits per heavy atom. The van der Waals surface area contributed by atoms with Gasteiger partial charge >= 0.3 is 18.2 Å². The number of nitrogens with one attached hydrogen (secondary N) is 2. The van der Waals surface area contributed by atoms with Crippen molar-refractivity contribution in [3.63, 3.8) is 0 Å². The molecule has 0 aliphatic rings. The molecule has 0 aliphatic heterocycles. The van der Waals surface area contributed by atoms with Crippen LogP contribution in [-0.2, 0) is 25.7 Å². The van der Waals surface area contributed by atoms with E-state index in [-0.39, 0.29) is 13.0 Å². The molecule has 0 fully saturated rings. The third-order valence-corrected chi connectivity index (χ3v) is 3.90. The van der Waals surface area contributed by atoms with Crippen LogP contribution in [0.1, 0.15) is 39.7 Å². The average molecular weight is 408 g/mol. The lowest BCUT2D eigenvalue weighted by atomic mass is 9.91. The van der Waals surface area contributed by atoms with E-state index in [9.17, 15) is 24.3 Å². The highest BCUT2D eigenvalue weighted by Gasteiger charge is 2.36. The molecule has 0 saturated carbocycles. The van der Waals surface area contributed by atoms with Crippen molar-refractivity contribution in [3.8, 4) is 0 Å². The molecule has 0 radical (unpaired) electrons. The van der Waals surface area contributed by atoms with E-state index in [1.165, 1.54) is 0 Å². The predicted molar refractivity (Wildman–Crippen MR) is 104 cm³/mol. The van der Waals surface area contributed by atoms with Crippen LogP contribution in [0.15, 0.2) is 30.3 Å². The number of hydrogen-bond acceptors (Lipinski definition) is 6. The first kappa shape index (κ1) is 23.9. The highest BCUT2D eigenvalue weighted by Crippen LogP contribution is 2.14. The fourth-order valence-electron chi connectivity index (χ4n) is 2.58. The Bertz CT molecular complexity index is 701. The first-order valence-electron chi connectivity index (χ1n) is 9.22. The molecule has 0 bridgehead atoms. The summed E-state index contributed by atoms with van der Waals surface area (Å²) in [6, 6.07) is 6.34. The Labute approximate surface area is 169 Å². The number of carbonyl (C=O) groups is 4. The number of carboxylic acid groups (broad SMARTS) is 1. The highest BCUT2D eigenvalue weighted by atomic mass is 16.6. The number of rotatable bonds is 9. The van der Waals surface area contributed by atoms with Crippen molar-refractivity contribution < 1.29 is 33.8 Å². The topological polar surface area (TPSA) is 131 Å². The molecule has 0 heterocycles. The molecule has 0 aliphatic carbocycles. The molecule has 2 unspecified atom stereocenters. The van der Waals surface area contributed by atoms with Gasteiger partial charge in [0.1, 0.15) is 24.5 Å². The van der Waals surface area contributed by atoms with Gasteiger partial charge in [-0.3, -0.25) is 4.79 Å². The van der Waals surface area contributed by atoms with Crippen molar-refractivity contribution in [2.75, 3.05) is 0 Å². The lowest BCUT2D eigenvalue weighted by molar-refractivity contribution is -0.143. The number of hydrogen-bond donors (Lipinski definition) is 3. The second-order valence-electron chi connectivity index (χ2n) is 7.39. The van der Waals surface area contributed by atoms with Gasteiger partial charge in [-0.15, -0.1) is 0 Å². The van der Waals surface area contributed by atoms with Crippen molar-refractivity contribution in [1.29, 1.82) is 0 Å². The molecule has 0 aromatic heterocycles. The van der Waals surface area contributed by atoms with Gasteiger partial charge in [0.15, 0.2) is 0 Å². The maximum absolute atomic E-state index is 12.2. The van der Waals surface area contributed by atoms with Crippen LogP contribution >= 0.6 is 0 Å². The van der Waals surface area contributed by atoms with Crippen LogP contribution in [0.3, 0.4) is 0 Å². The number of carbonyl (C=O) groups excluding carboxylic acids is 3. The molecule has 1 rings (SSSR count). The summed E-state index contributed by atoms with van der Waals surface area (Å²) in [6.07, 6.45) is -1.34. The van der Waals surface area contributed by atoms with E-state index < -0.39 is 41.8 Å². The Balaban J connectivity index is 2.90. The van der Waals surface area contributed by atoms with Crippen molar-refractivity contribution in [2.24, 2.45) is 5.92 Å². The van der Waals surface area contributed by atoms with Gasteiger partial charge < -0.3 is 30.0 Å². The van der Waals surface area contributed by atoms with E-state index in [1.807, 2.05) is 6.07 Å². The number of alkyl carbamates (subject to hydrolysis) is 2. The van der Waals surface area contributed by atoms with Crippen LogP contribution in [0, 0.1) is 5.92 Å². The van der Waals surface area contributed by atoms with Crippen LogP contribution in [0.4, 0.5) is 9.59 Å². The maximum Gasteiger partial charge on any atom is 0.408 e. The van der Waals surface area contributed by atoms with Gasteiger partial charge in [-0.25, -0.2) is 9.59 Å². The summed E-state index contributed by atoms with van der Waals surface area (Å²) in [7, 11) is 0. The molecular weight excluding hydrogens is 380 g/mol. The largest absolute Gasteiger partial charge is 0.481 e. The number of benzene rings is 1. The van der Waals surface area contributed by atoms with Crippen molar-refractivity contribution in [2.45, 2.75) is 58.4 Å². The highest BCUT2D eigenvalue weighted by molar-refractivity contribution is 5.79. The van der Waals surface area contributed by atoms with E-state index in [1.54, 1.807) is 52.0 Å². The third kappa shape index (κ3) is 8.63. The van der Waals surface area contributed by atoms with Gasteiger partial charge in [0.2, 0.25) is 0 Å². The fourth-order valence-corrected chi connectivity index (χ4v) is 2.58. The van der Waals surface area contributed by atoms with Gasteiger partial charge in [0.05, 0.1) is 12.0 Å². The smallest absolute Gasteiger partial charge is 0.408 e. The molecule has 0 saturated heterocycles. The Hall–Kier alpha value is -3.10. The summed E-state index contributed by atoms with van der Waals surface area (Å²) in [4.78, 5) is 47.5. The zero-order valence-electron chi connectivity index (χ0n) is 17.0. The van der Waals surface area contributed by atoms with Crippen LogP contribution in [0.5, 0.6) is 0 Å².